The Morgan fingerprint density at radius 2 is 2.25 bits per heavy atom. The molecule has 1 aliphatic carbocycles. The van der Waals surface area contributed by atoms with Gasteiger partial charge in [-0.05, 0) is 31.9 Å². The molecule has 1 saturated carbocycles. The van der Waals surface area contributed by atoms with Crippen LogP contribution in [0.15, 0.2) is 23.1 Å². The number of aryl methyl sites for hydroxylation is 1. The molecule has 0 aliphatic heterocycles. The van der Waals surface area contributed by atoms with Gasteiger partial charge in [-0.1, -0.05) is 12.8 Å². The maximum atomic E-state index is 11.3. The van der Waals surface area contributed by atoms with E-state index in [2.05, 4.69) is 10.4 Å². The van der Waals surface area contributed by atoms with Crippen molar-refractivity contribution in [3.8, 4) is 0 Å². The average molecular weight is 221 g/mol. The average Bonchev–Trinajstić information content (AvgIpc) is 2.79. The van der Waals surface area contributed by atoms with Crippen molar-refractivity contribution in [1.29, 1.82) is 0 Å². The van der Waals surface area contributed by atoms with Gasteiger partial charge in [-0.25, -0.2) is 4.68 Å². The molecule has 4 nitrogen and oxygen atoms in total. The van der Waals surface area contributed by atoms with E-state index in [9.17, 15) is 4.79 Å². The van der Waals surface area contributed by atoms with Gasteiger partial charge in [0.15, 0.2) is 0 Å². The van der Waals surface area contributed by atoms with E-state index in [-0.39, 0.29) is 5.56 Å². The number of hydrogen-bond donors (Lipinski definition) is 1. The van der Waals surface area contributed by atoms with Crippen molar-refractivity contribution >= 4 is 0 Å². The lowest BCUT2D eigenvalue weighted by Crippen LogP contribution is -2.29. The van der Waals surface area contributed by atoms with Crippen LogP contribution in [0.4, 0.5) is 0 Å². The number of nitrogens with one attached hydrogen (secondary N) is 1. The molecule has 16 heavy (non-hydrogen) atoms. The predicted octanol–water partition coefficient (Wildman–Crippen LogP) is 1.17. The molecule has 1 aliphatic rings. The van der Waals surface area contributed by atoms with Crippen molar-refractivity contribution in [2.75, 3.05) is 6.54 Å². The van der Waals surface area contributed by atoms with Crippen LogP contribution in [0.1, 0.15) is 32.1 Å². The minimum Gasteiger partial charge on any atom is -0.314 e. The molecule has 1 aromatic rings. The standard InChI is InChI=1S/C12H19N3O/c16-12-7-3-9-14-15(12)10-4-8-13-11-5-1-2-6-11/h3,7,9,11,13H,1-2,4-6,8,10H2. The Hall–Kier alpha value is -1.16. The summed E-state index contributed by atoms with van der Waals surface area (Å²) < 4.78 is 1.52. The minimum absolute atomic E-state index is 0.0108. The second-order valence-electron chi connectivity index (χ2n) is 4.37. The van der Waals surface area contributed by atoms with E-state index in [0.29, 0.717) is 12.6 Å². The molecular formula is C12H19N3O. The molecule has 2 rings (SSSR count). The zero-order chi connectivity index (χ0) is 11.2. The van der Waals surface area contributed by atoms with E-state index in [4.69, 9.17) is 0 Å². The van der Waals surface area contributed by atoms with Crippen molar-refractivity contribution in [1.82, 2.24) is 15.1 Å². The summed E-state index contributed by atoms with van der Waals surface area (Å²) in [5, 5.41) is 7.55. The van der Waals surface area contributed by atoms with Gasteiger partial charge >= 0.3 is 0 Å². The molecule has 0 aromatic carbocycles. The van der Waals surface area contributed by atoms with Gasteiger partial charge in [-0.2, -0.15) is 5.10 Å². The van der Waals surface area contributed by atoms with Crippen molar-refractivity contribution in [2.45, 2.75) is 44.7 Å². The van der Waals surface area contributed by atoms with E-state index in [0.717, 1.165) is 13.0 Å². The summed E-state index contributed by atoms with van der Waals surface area (Å²) in [7, 11) is 0. The van der Waals surface area contributed by atoms with Crippen LogP contribution in [0.5, 0.6) is 0 Å². The fraction of sp³-hybridized carbons (Fsp3) is 0.667. The van der Waals surface area contributed by atoms with Crippen LogP contribution in [0.25, 0.3) is 0 Å². The van der Waals surface area contributed by atoms with E-state index >= 15 is 0 Å². The van der Waals surface area contributed by atoms with E-state index in [1.807, 2.05) is 0 Å². The fourth-order valence-corrected chi connectivity index (χ4v) is 2.22. The Bertz CT molecular complexity index is 369. The van der Waals surface area contributed by atoms with Crippen molar-refractivity contribution in [3.05, 3.63) is 28.7 Å². The fourth-order valence-electron chi connectivity index (χ4n) is 2.22. The maximum Gasteiger partial charge on any atom is 0.266 e. The summed E-state index contributed by atoms with van der Waals surface area (Å²) in [5.41, 5.74) is -0.0108. The zero-order valence-corrected chi connectivity index (χ0v) is 9.56. The lowest BCUT2D eigenvalue weighted by molar-refractivity contribution is 0.474. The topological polar surface area (TPSA) is 46.9 Å². The van der Waals surface area contributed by atoms with Crippen LogP contribution in [0.3, 0.4) is 0 Å². The lowest BCUT2D eigenvalue weighted by Gasteiger charge is -2.11. The van der Waals surface area contributed by atoms with Crippen LogP contribution in [0.2, 0.25) is 0 Å². The quantitative estimate of drug-likeness (QED) is 0.759. The Kier molecular flexibility index (Phi) is 4.10. The van der Waals surface area contributed by atoms with Gasteiger partial charge in [0, 0.05) is 24.8 Å². The third-order valence-corrected chi connectivity index (χ3v) is 3.12. The van der Waals surface area contributed by atoms with Gasteiger partial charge in [0.25, 0.3) is 5.56 Å². The first-order chi connectivity index (χ1) is 7.86. The molecule has 0 amide bonds. The van der Waals surface area contributed by atoms with Crippen molar-refractivity contribution in [3.63, 3.8) is 0 Å². The molecule has 0 spiro atoms. The normalized spacial score (nSPS) is 16.8. The van der Waals surface area contributed by atoms with Crippen LogP contribution in [-0.2, 0) is 6.54 Å². The second-order valence-corrected chi connectivity index (χ2v) is 4.37. The molecular weight excluding hydrogens is 202 g/mol. The highest BCUT2D eigenvalue weighted by atomic mass is 16.1. The van der Waals surface area contributed by atoms with Crippen LogP contribution >= 0.6 is 0 Å². The molecule has 88 valence electrons. The van der Waals surface area contributed by atoms with Crippen LogP contribution in [0, 0.1) is 0 Å². The molecule has 1 aromatic heterocycles. The summed E-state index contributed by atoms with van der Waals surface area (Å²) in [6.07, 6.45) is 7.96. The maximum absolute atomic E-state index is 11.3. The predicted molar refractivity (Wildman–Crippen MR) is 63.4 cm³/mol. The van der Waals surface area contributed by atoms with Gasteiger partial charge in [0.05, 0.1) is 0 Å². The lowest BCUT2D eigenvalue weighted by atomic mass is 10.2. The van der Waals surface area contributed by atoms with Gasteiger partial charge < -0.3 is 5.32 Å². The molecule has 1 heterocycles. The third kappa shape index (κ3) is 3.17. The number of aromatic nitrogens is 2. The van der Waals surface area contributed by atoms with Gasteiger partial charge in [-0.3, -0.25) is 4.79 Å². The minimum atomic E-state index is -0.0108. The summed E-state index contributed by atoms with van der Waals surface area (Å²) in [6, 6.07) is 3.94. The van der Waals surface area contributed by atoms with Crippen LogP contribution < -0.4 is 10.9 Å². The number of nitrogens with zero attached hydrogens (tertiary/aromatic N) is 2. The van der Waals surface area contributed by atoms with E-state index in [1.165, 1.54) is 30.4 Å². The van der Waals surface area contributed by atoms with Crippen molar-refractivity contribution < 1.29 is 0 Å². The first kappa shape index (κ1) is 11.3. The highest BCUT2D eigenvalue weighted by Gasteiger charge is 2.13. The summed E-state index contributed by atoms with van der Waals surface area (Å²) in [4.78, 5) is 11.3. The first-order valence-corrected chi connectivity index (χ1v) is 6.12. The molecule has 0 saturated heterocycles. The number of hydrogen-bond acceptors (Lipinski definition) is 3. The molecule has 1 fully saturated rings. The molecule has 0 unspecified atom stereocenters. The molecule has 0 bridgehead atoms. The van der Waals surface area contributed by atoms with E-state index < -0.39 is 0 Å². The van der Waals surface area contributed by atoms with Gasteiger partial charge in [0.2, 0.25) is 0 Å². The number of rotatable bonds is 5. The Morgan fingerprint density at radius 1 is 1.44 bits per heavy atom. The van der Waals surface area contributed by atoms with Crippen LogP contribution in [-0.4, -0.2) is 22.4 Å². The Labute approximate surface area is 95.7 Å². The largest absolute Gasteiger partial charge is 0.314 e. The summed E-state index contributed by atoms with van der Waals surface area (Å²) >= 11 is 0. The highest BCUT2D eigenvalue weighted by Crippen LogP contribution is 2.17. The summed E-state index contributed by atoms with van der Waals surface area (Å²) in [6.45, 7) is 1.69. The third-order valence-electron chi connectivity index (χ3n) is 3.12. The zero-order valence-electron chi connectivity index (χ0n) is 9.56. The molecule has 1 N–H and O–H groups in total. The Morgan fingerprint density at radius 3 is 3.00 bits per heavy atom. The smallest absolute Gasteiger partial charge is 0.266 e. The van der Waals surface area contributed by atoms with Gasteiger partial charge in [0.1, 0.15) is 0 Å². The highest BCUT2D eigenvalue weighted by molar-refractivity contribution is 4.84. The second kappa shape index (κ2) is 5.80. The molecule has 0 atom stereocenters. The summed E-state index contributed by atoms with van der Waals surface area (Å²) in [5.74, 6) is 0. The van der Waals surface area contributed by atoms with E-state index in [1.54, 1.807) is 18.3 Å². The van der Waals surface area contributed by atoms with Gasteiger partial charge in [-0.15, -0.1) is 0 Å². The molecule has 0 radical (unpaired) electrons. The monoisotopic (exact) mass is 221 g/mol. The first-order valence-electron chi connectivity index (χ1n) is 6.12. The Balaban J connectivity index is 1.68. The SMILES string of the molecule is O=c1cccnn1CCCNC1CCCC1. The molecule has 4 heteroatoms. The van der Waals surface area contributed by atoms with Crippen molar-refractivity contribution in [2.24, 2.45) is 0 Å².